The Balaban J connectivity index is 1.23. The van der Waals surface area contributed by atoms with E-state index in [1.54, 1.807) is 5.70 Å². The van der Waals surface area contributed by atoms with Crippen LogP contribution in [0.1, 0.15) is 77.8 Å². The molecule has 2 saturated heterocycles. The van der Waals surface area contributed by atoms with Crippen molar-refractivity contribution in [2.45, 2.75) is 102 Å². The van der Waals surface area contributed by atoms with Crippen molar-refractivity contribution in [2.75, 3.05) is 19.6 Å². The number of piperidine rings is 1. The smallest absolute Gasteiger partial charge is 0.408 e. The predicted molar refractivity (Wildman–Crippen MR) is 139 cm³/mol. The molecule has 0 saturated carbocycles. The lowest BCUT2D eigenvalue weighted by atomic mass is 9.93. The van der Waals surface area contributed by atoms with Gasteiger partial charge in [0.05, 0.1) is 12.2 Å². The molecule has 192 valence electrons. The molecular weight excluding hydrogens is 438 g/mol. The average Bonchev–Trinajstić information content (AvgIpc) is 3.26. The number of hydrogen-bond donors (Lipinski definition) is 3. The number of alkyl carbamates (subject to hydrolysis) is 1. The molecule has 4 aliphatic heterocycles. The van der Waals surface area contributed by atoms with E-state index in [1.807, 2.05) is 39.0 Å². The lowest BCUT2D eigenvalue weighted by Crippen LogP contribution is -2.53. The fourth-order valence-electron chi connectivity index (χ4n) is 6.76. The van der Waals surface area contributed by atoms with Crippen LogP contribution in [0.15, 0.2) is 41.7 Å². The zero-order valence-electron chi connectivity index (χ0n) is 21.8. The molecule has 2 bridgehead atoms. The van der Waals surface area contributed by atoms with Gasteiger partial charge in [0.25, 0.3) is 0 Å². The SMILES string of the molecule is CC1NC2=C(CCNC2)N1C1CC2CCC(C1)N2CC[C@H](NC(=O)OC(C)(C)C)c1ccccc1. The van der Waals surface area contributed by atoms with Gasteiger partial charge in [-0.1, -0.05) is 30.3 Å². The van der Waals surface area contributed by atoms with Crippen LogP contribution in [0.4, 0.5) is 4.79 Å². The van der Waals surface area contributed by atoms with E-state index < -0.39 is 5.60 Å². The topological polar surface area (TPSA) is 68.9 Å². The maximum atomic E-state index is 12.6. The third-order valence-electron chi connectivity index (χ3n) is 8.12. The van der Waals surface area contributed by atoms with Gasteiger partial charge in [0.1, 0.15) is 5.60 Å². The van der Waals surface area contributed by atoms with Gasteiger partial charge in [-0.25, -0.2) is 4.79 Å². The number of ether oxygens (including phenoxy) is 1. The van der Waals surface area contributed by atoms with Crippen molar-refractivity contribution in [3.05, 3.63) is 47.3 Å². The lowest BCUT2D eigenvalue weighted by molar-refractivity contribution is 0.0463. The van der Waals surface area contributed by atoms with Crippen LogP contribution in [0.3, 0.4) is 0 Å². The first-order chi connectivity index (χ1) is 16.8. The molecule has 0 radical (unpaired) electrons. The van der Waals surface area contributed by atoms with Crippen LogP contribution in [0, 0.1) is 0 Å². The minimum atomic E-state index is -0.502. The molecule has 3 N–H and O–H groups in total. The number of amides is 1. The number of nitrogens with one attached hydrogen (secondary N) is 3. The van der Waals surface area contributed by atoms with Crippen LogP contribution < -0.4 is 16.0 Å². The number of rotatable bonds is 6. The number of fused-ring (bicyclic) bond motifs is 2. The number of hydrogen-bond acceptors (Lipinski definition) is 6. The zero-order valence-corrected chi connectivity index (χ0v) is 21.8. The molecule has 2 fully saturated rings. The number of benzene rings is 1. The summed E-state index contributed by atoms with van der Waals surface area (Å²) >= 11 is 0. The van der Waals surface area contributed by atoms with Crippen molar-refractivity contribution in [1.29, 1.82) is 0 Å². The van der Waals surface area contributed by atoms with Crippen LogP contribution in [-0.2, 0) is 4.74 Å². The molecular formula is C28H43N5O2. The molecule has 5 rings (SSSR count). The zero-order chi connectivity index (χ0) is 24.6. The molecule has 4 atom stereocenters. The quantitative estimate of drug-likeness (QED) is 0.569. The maximum Gasteiger partial charge on any atom is 0.408 e. The normalized spacial score (nSPS) is 29.5. The van der Waals surface area contributed by atoms with Gasteiger partial charge in [-0.3, -0.25) is 4.90 Å². The van der Waals surface area contributed by atoms with Gasteiger partial charge in [0.2, 0.25) is 0 Å². The van der Waals surface area contributed by atoms with Crippen molar-refractivity contribution < 1.29 is 9.53 Å². The van der Waals surface area contributed by atoms with Gasteiger partial charge in [-0.05, 0) is 65.4 Å². The second-order valence-electron chi connectivity index (χ2n) is 11.7. The van der Waals surface area contributed by atoms with Crippen molar-refractivity contribution >= 4 is 6.09 Å². The largest absolute Gasteiger partial charge is 0.444 e. The Kier molecular flexibility index (Phi) is 6.99. The van der Waals surface area contributed by atoms with Crippen LogP contribution >= 0.6 is 0 Å². The van der Waals surface area contributed by atoms with Gasteiger partial charge < -0.3 is 25.6 Å². The van der Waals surface area contributed by atoms with E-state index in [-0.39, 0.29) is 12.1 Å². The lowest BCUT2D eigenvalue weighted by Gasteiger charge is -2.45. The number of carbonyl (C=O) groups is 1. The highest BCUT2D eigenvalue weighted by molar-refractivity contribution is 5.68. The number of carbonyl (C=O) groups excluding carboxylic acids is 1. The van der Waals surface area contributed by atoms with Crippen LogP contribution in [0.5, 0.6) is 0 Å². The van der Waals surface area contributed by atoms with E-state index in [4.69, 9.17) is 4.74 Å². The average molecular weight is 482 g/mol. The molecule has 7 heteroatoms. The monoisotopic (exact) mass is 481 g/mol. The van der Waals surface area contributed by atoms with Gasteiger partial charge >= 0.3 is 6.09 Å². The summed E-state index contributed by atoms with van der Waals surface area (Å²) in [4.78, 5) is 18.1. The Morgan fingerprint density at radius 2 is 1.86 bits per heavy atom. The molecule has 4 heterocycles. The summed E-state index contributed by atoms with van der Waals surface area (Å²) in [6.07, 6.45) is 7.15. The third kappa shape index (κ3) is 5.46. The van der Waals surface area contributed by atoms with E-state index in [9.17, 15) is 4.79 Å². The van der Waals surface area contributed by atoms with E-state index in [0.717, 1.165) is 38.0 Å². The van der Waals surface area contributed by atoms with Gasteiger partial charge in [0.15, 0.2) is 0 Å². The molecule has 4 aliphatic rings. The third-order valence-corrected chi connectivity index (χ3v) is 8.12. The molecule has 0 aliphatic carbocycles. The Morgan fingerprint density at radius 1 is 1.14 bits per heavy atom. The highest BCUT2D eigenvalue weighted by Gasteiger charge is 2.45. The van der Waals surface area contributed by atoms with Crippen molar-refractivity contribution in [2.24, 2.45) is 0 Å². The summed E-state index contributed by atoms with van der Waals surface area (Å²) in [5.74, 6) is 0. The molecule has 7 nitrogen and oxygen atoms in total. The Labute approximate surface area is 210 Å². The second kappa shape index (κ2) is 10.0. The first-order valence-corrected chi connectivity index (χ1v) is 13.6. The summed E-state index contributed by atoms with van der Waals surface area (Å²) in [5.41, 5.74) is 3.61. The summed E-state index contributed by atoms with van der Waals surface area (Å²) in [7, 11) is 0. The summed E-state index contributed by atoms with van der Waals surface area (Å²) in [6.45, 7) is 11.1. The molecule has 1 aromatic carbocycles. The van der Waals surface area contributed by atoms with Crippen molar-refractivity contribution in [3.63, 3.8) is 0 Å². The van der Waals surface area contributed by atoms with Crippen molar-refractivity contribution in [3.8, 4) is 0 Å². The summed E-state index contributed by atoms with van der Waals surface area (Å²) in [5, 5.41) is 10.4. The highest BCUT2D eigenvalue weighted by atomic mass is 16.6. The molecule has 1 amide bonds. The minimum Gasteiger partial charge on any atom is -0.444 e. The van der Waals surface area contributed by atoms with E-state index in [1.165, 1.54) is 31.4 Å². The van der Waals surface area contributed by atoms with Crippen LogP contribution in [0.25, 0.3) is 0 Å². The van der Waals surface area contributed by atoms with E-state index in [0.29, 0.717) is 24.3 Å². The van der Waals surface area contributed by atoms with Gasteiger partial charge in [-0.2, -0.15) is 0 Å². The van der Waals surface area contributed by atoms with Gasteiger partial charge in [0, 0.05) is 55.6 Å². The molecule has 0 spiro atoms. The Morgan fingerprint density at radius 3 is 2.54 bits per heavy atom. The van der Waals surface area contributed by atoms with Gasteiger partial charge in [-0.15, -0.1) is 0 Å². The fourth-order valence-corrected chi connectivity index (χ4v) is 6.76. The summed E-state index contributed by atoms with van der Waals surface area (Å²) in [6, 6.07) is 12.2. The predicted octanol–water partition coefficient (Wildman–Crippen LogP) is 4.09. The first kappa shape index (κ1) is 24.4. The molecule has 35 heavy (non-hydrogen) atoms. The Bertz CT molecular complexity index is 913. The minimum absolute atomic E-state index is 0.0477. The summed E-state index contributed by atoms with van der Waals surface area (Å²) < 4.78 is 5.58. The molecule has 1 aromatic rings. The second-order valence-corrected chi connectivity index (χ2v) is 11.7. The first-order valence-electron chi connectivity index (χ1n) is 13.6. The number of nitrogens with zero attached hydrogens (tertiary/aromatic N) is 2. The van der Waals surface area contributed by atoms with E-state index >= 15 is 0 Å². The fraction of sp³-hybridized carbons (Fsp3) is 0.679. The Hall–Kier alpha value is -2.25. The maximum absolute atomic E-state index is 12.6. The standard InChI is InChI=1S/C28H43N5O2/c1-19-30-25-18-29-14-12-26(25)33(19)23-16-21-10-11-22(17-23)32(21)15-13-24(20-8-6-5-7-9-20)31-27(34)35-28(2,3)4/h5-9,19,21-24,29-30H,10-18H2,1-4H3,(H,31,34)/t19?,21?,22?,23?,24-/m0/s1. The van der Waals surface area contributed by atoms with E-state index in [2.05, 4.69) is 44.8 Å². The molecule has 0 aromatic heterocycles. The highest BCUT2D eigenvalue weighted by Crippen LogP contribution is 2.41. The van der Waals surface area contributed by atoms with Crippen LogP contribution in [0.2, 0.25) is 0 Å². The molecule has 3 unspecified atom stereocenters. The van der Waals surface area contributed by atoms with Crippen LogP contribution in [-0.4, -0.2) is 65.4 Å². The van der Waals surface area contributed by atoms with Crippen molar-refractivity contribution in [1.82, 2.24) is 25.8 Å².